The van der Waals surface area contributed by atoms with E-state index in [2.05, 4.69) is 29.5 Å². The molecule has 0 spiro atoms. The number of anilines is 2. The highest BCUT2D eigenvalue weighted by Gasteiger charge is 2.46. The molecule has 1 aromatic heterocycles. The normalized spacial score (nSPS) is 21.7. The smallest absolute Gasteiger partial charge is 0.168 e. The molecular formula is C11H15F2N3. The molecule has 0 aromatic carbocycles. The molecule has 1 aromatic rings. The molecule has 1 heterocycles. The van der Waals surface area contributed by atoms with E-state index in [1.165, 1.54) is 0 Å². The summed E-state index contributed by atoms with van der Waals surface area (Å²) in [6.07, 6.45) is 0.973. The van der Waals surface area contributed by atoms with Gasteiger partial charge in [-0.15, -0.1) is 0 Å². The first kappa shape index (κ1) is 11.1. The van der Waals surface area contributed by atoms with E-state index in [1.54, 1.807) is 7.05 Å². The molecule has 0 saturated heterocycles. The molecular weight excluding hydrogens is 212 g/mol. The Morgan fingerprint density at radius 2 is 1.88 bits per heavy atom. The second-order valence-electron chi connectivity index (χ2n) is 4.79. The number of rotatable bonds is 3. The Morgan fingerprint density at radius 1 is 1.31 bits per heavy atom. The predicted molar refractivity (Wildman–Crippen MR) is 59.5 cm³/mol. The van der Waals surface area contributed by atoms with Gasteiger partial charge in [0.1, 0.15) is 0 Å². The highest BCUT2D eigenvalue weighted by atomic mass is 19.1. The summed E-state index contributed by atoms with van der Waals surface area (Å²) in [6.45, 7) is 4.18. The van der Waals surface area contributed by atoms with E-state index < -0.39 is 11.6 Å². The minimum Gasteiger partial charge on any atom is -0.371 e. The third kappa shape index (κ3) is 1.94. The number of nitrogens with zero attached hydrogens (tertiary/aromatic N) is 1. The monoisotopic (exact) mass is 227 g/mol. The molecule has 3 nitrogen and oxygen atoms in total. The maximum atomic E-state index is 13.4. The summed E-state index contributed by atoms with van der Waals surface area (Å²) < 4.78 is 26.6. The molecule has 88 valence electrons. The molecule has 5 heteroatoms. The van der Waals surface area contributed by atoms with Crippen LogP contribution in [0.1, 0.15) is 20.3 Å². The maximum Gasteiger partial charge on any atom is 0.168 e. The van der Waals surface area contributed by atoms with Crippen molar-refractivity contribution in [2.45, 2.75) is 26.3 Å². The summed E-state index contributed by atoms with van der Waals surface area (Å²) in [4.78, 5) is 3.86. The predicted octanol–water partition coefficient (Wildman–Crippen LogP) is 2.61. The van der Waals surface area contributed by atoms with Crippen LogP contribution in [0.2, 0.25) is 0 Å². The van der Waals surface area contributed by atoms with E-state index in [-0.39, 0.29) is 23.1 Å². The van der Waals surface area contributed by atoms with Gasteiger partial charge in [0.2, 0.25) is 0 Å². The van der Waals surface area contributed by atoms with Gasteiger partial charge in [-0.25, -0.2) is 13.8 Å². The average Bonchev–Trinajstić information content (AvgIpc) is 2.78. The zero-order valence-electron chi connectivity index (χ0n) is 9.56. The Balaban J connectivity index is 2.21. The van der Waals surface area contributed by atoms with E-state index in [4.69, 9.17) is 0 Å². The van der Waals surface area contributed by atoms with Gasteiger partial charge in [-0.3, -0.25) is 0 Å². The third-order valence-corrected chi connectivity index (χ3v) is 2.99. The van der Waals surface area contributed by atoms with Crippen molar-refractivity contribution in [2.24, 2.45) is 5.41 Å². The van der Waals surface area contributed by atoms with Gasteiger partial charge < -0.3 is 10.6 Å². The van der Waals surface area contributed by atoms with Crippen molar-refractivity contribution in [2.75, 3.05) is 17.7 Å². The van der Waals surface area contributed by atoms with Crippen molar-refractivity contribution in [3.8, 4) is 0 Å². The van der Waals surface area contributed by atoms with Crippen molar-refractivity contribution in [1.29, 1.82) is 0 Å². The molecule has 0 bridgehead atoms. The topological polar surface area (TPSA) is 37.0 Å². The number of halogens is 2. The molecule has 1 saturated carbocycles. The van der Waals surface area contributed by atoms with Crippen molar-refractivity contribution < 1.29 is 8.78 Å². The summed E-state index contributed by atoms with van der Waals surface area (Å²) >= 11 is 0. The largest absolute Gasteiger partial charge is 0.371 e. The van der Waals surface area contributed by atoms with Crippen LogP contribution in [-0.2, 0) is 0 Å². The van der Waals surface area contributed by atoms with Crippen LogP contribution in [0.25, 0.3) is 0 Å². The summed E-state index contributed by atoms with van der Waals surface area (Å²) in [7, 11) is 1.55. The maximum absolute atomic E-state index is 13.4. The van der Waals surface area contributed by atoms with Crippen LogP contribution >= 0.6 is 0 Å². The minimum atomic E-state index is -0.680. The highest BCUT2D eigenvalue weighted by molar-refractivity contribution is 5.48. The van der Waals surface area contributed by atoms with Crippen LogP contribution in [0.5, 0.6) is 0 Å². The molecule has 2 rings (SSSR count). The highest BCUT2D eigenvalue weighted by Crippen LogP contribution is 2.46. The van der Waals surface area contributed by atoms with E-state index in [9.17, 15) is 8.78 Å². The summed E-state index contributed by atoms with van der Waals surface area (Å²) in [5.41, 5.74) is 0.169. The Bertz CT molecular complexity index is 418. The molecule has 1 aliphatic rings. The van der Waals surface area contributed by atoms with Gasteiger partial charge in [0.15, 0.2) is 23.3 Å². The van der Waals surface area contributed by atoms with Crippen LogP contribution in [0.4, 0.5) is 20.4 Å². The van der Waals surface area contributed by atoms with Crippen LogP contribution in [0.3, 0.4) is 0 Å². The lowest BCUT2D eigenvalue weighted by Gasteiger charge is -2.10. The fourth-order valence-electron chi connectivity index (χ4n) is 1.62. The van der Waals surface area contributed by atoms with Crippen LogP contribution in [-0.4, -0.2) is 18.1 Å². The third-order valence-electron chi connectivity index (χ3n) is 2.99. The molecule has 1 unspecified atom stereocenters. The van der Waals surface area contributed by atoms with Crippen molar-refractivity contribution in [1.82, 2.24) is 4.98 Å². The van der Waals surface area contributed by atoms with Gasteiger partial charge >= 0.3 is 0 Å². The van der Waals surface area contributed by atoms with E-state index in [1.807, 2.05) is 0 Å². The fraction of sp³-hybridized carbons (Fsp3) is 0.545. The number of nitrogens with one attached hydrogen (secondary N) is 2. The lowest BCUT2D eigenvalue weighted by atomic mass is 10.2. The molecule has 16 heavy (non-hydrogen) atoms. The average molecular weight is 227 g/mol. The fourth-order valence-corrected chi connectivity index (χ4v) is 1.62. The van der Waals surface area contributed by atoms with Crippen molar-refractivity contribution in [3.05, 3.63) is 17.7 Å². The second-order valence-corrected chi connectivity index (χ2v) is 4.79. The Kier molecular flexibility index (Phi) is 2.48. The van der Waals surface area contributed by atoms with Gasteiger partial charge in [-0.1, -0.05) is 13.8 Å². The lowest BCUT2D eigenvalue weighted by molar-refractivity contribution is 0.575. The Labute approximate surface area is 93.3 Å². The molecule has 0 aliphatic heterocycles. The van der Waals surface area contributed by atoms with Gasteiger partial charge in [0.05, 0.1) is 0 Å². The molecule has 1 fully saturated rings. The van der Waals surface area contributed by atoms with Gasteiger partial charge in [0.25, 0.3) is 0 Å². The van der Waals surface area contributed by atoms with Crippen LogP contribution in [0.15, 0.2) is 6.07 Å². The van der Waals surface area contributed by atoms with Crippen LogP contribution < -0.4 is 10.6 Å². The first-order valence-corrected chi connectivity index (χ1v) is 5.24. The van der Waals surface area contributed by atoms with E-state index in [0.29, 0.717) is 0 Å². The minimum absolute atomic E-state index is 0.0577. The SMILES string of the molecule is CNc1nc(NC2CC2(C)C)c(F)cc1F. The second kappa shape index (κ2) is 3.57. The van der Waals surface area contributed by atoms with Gasteiger partial charge in [-0.2, -0.15) is 0 Å². The van der Waals surface area contributed by atoms with Crippen LogP contribution in [0, 0.1) is 17.0 Å². The molecule has 1 atom stereocenters. The quantitative estimate of drug-likeness (QED) is 0.833. The number of pyridine rings is 1. The first-order chi connectivity index (χ1) is 7.44. The summed E-state index contributed by atoms with van der Waals surface area (Å²) in [6, 6.07) is 1.06. The summed E-state index contributed by atoms with van der Waals surface area (Å²) in [5.74, 6) is -1.16. The van der Waals surface area contributed by atoms with E-state index in [0.717, 1.165) is 12.5 Å². The first-order valence-electron chi connectivity index (χ1n) is 5.24. The summed E-state index contributed by atoms with van der Waals surface area (Å²) in [5, 5.41) is 5.57. The lowest BCUT2D eigenvalue weighted by Crippen LogP contribution is -2.12. The van der Waals surface area contributed by atoms with E-state index >= 15 is 0 Å². The number of aromatic nitrogens is 1. The number of hydrogen-bond acceptors (Lipinski definition) is 3. The molecule has 0 radical (unpaired) electrons. The Morgan fingerprint density at radius 3 is 2.38 bits per heavy atom. The molecule has 1 aliphatic carbocycles. The standard InChI is InChI=1S/C11H15F2N3/c1-11(2)5-8(11)15-10-7(13)4-6(12)9(14-3)16-10/h4,8H,5H2,1-3H3,(H2,14,15,16). The van der Waals surface area contributed by atoms with Gasteiger partial charge in [0, 0.05) is 19.2 Å². The number of hydrogen-bond donors (Lipinski definition) is 2. The zero-order chi connectivity index (χ0) is 11.9. The zero-order valence-corrected chi connectivity index (χ0v) is 9.56. The van der Waals surface area contributed by atoms with Gasteiger partial charge in [-0.05, 0) is 11.8 Å². The van der Waals surface area contributed by atoms with Crippen molar-refractivity contribution in [3.63, 3.8) is 0 Å². The molecule has 2 N–H and O–H groups in total. The molecule has 0 amide bonds. The van der Waals surface area contributed by atoms with Crippen molar-refractivity contribution >= 4 is 11.6 Å². The Hall–Kier alpha value is -1.39.